The van der Waals surface area contributed by atoms with Crippen molar-refractivity contribution in [2.45, 2.75) is 13.3 Å². The summed E-state index contributed by atoms with van der Waals surface area (Å²) >= 11 is 0. The van der Waals surface area contributed by atoms with Crippen LogP contribution in [0.3, 0.4) is 0 Å². The lowest BCUT2D eigenvalue weighted by Crippen LogP contribution is -2.14. The second-order valence-electron chi connectivity index (χ2n) is 3.97. The zero-order valence-corrected chi connectivity index (χ0v) is 10.5. The van der Waals surface area contributed by atoms with Gasteiger partial charge >= 0.3 is 0 Å². The van der Waals surface area contributed by atoms with Crippen LogP contribution in [-0.4, -0.2) is 27.3 Å². The van der Waals surface area contributed by atoms with Crippen molar-refractivity contribution in [1.82, 2.24) is 14.8 Å². The Balaban J connectivity index is 2.31. The van der Waals surface area contributed by atoms with Gasteiger partial charge in [0.2, 0.25) is 0 Å². The van der Waals surface area contributed by atoms with Crippen molar-refractivity contribution < 1.29 is 9.53 Å². The number of ether oxygens (including phenoxy) is 1. The molecule has 100 valence electrons. The number of nitrogens with zero attached hydrogens (tertiary/aromatic N) is 3. The Kier molecular flexibility index (Phi) is 3.65. The molecule has 0 saturated heterocycles. The van der Waals surface area contributed by atoms with Gasteiger partial charge in [0.05, 0.1) is 36.6 Å². The van der Waals surface area contributed by atoms with E-state index >= 15 is 0 Å². The molecule has 0 unspecified atom stereocenters. The van der Waals surface area contributed by atoms with Gasteiger partial charge in [-0.2, -0.15) is 5.10 Å². The van der Waals surface area contributed by atoms with Crippen molar-refractivity contribution >= 4 is 11.6 Å². The molecule has 0 aromatic carbocycles. The number of pyridine rings is 1. The van der Waals surface area contributed by atoms with Gasteiger partial charge in [-0.15, -0.1) is 0 Å². The molecule has 0 atom stereocenters. The molecule has 7 nitrogen and oxygen atoms in total. The number of rotatable bonds is 5. The molecule has 0 spiro atoms. The average molecular weight is 261 g/mol. The first kappa shape index (κ1) is 12.9. The second-order valence-corrected chi connectivity index (χ2v) is 3.97. The van der Waals surface area contributed by atoms with Crippen LogP contribution in [0.5, 0.6) is 5.75 Å². The van der Waals surface area contributed by atoms with Gasteiger partial charge in [0.25, 0.3) is 5.91 Å². The number of nitrogen functional groups attached to an aromatic ring is 1. The molecule has 0 fully saturated rings. The fourth-order valence-corrected chi connectivity index (χ4v) is 1.54. The molecule has 0 aliphatic rings. The summed E-state index contributed by atoms with van der Waals surface area (Å²) in [5, 5.41) is 4.02. The third-order valence-electron chi connectivity index (χ3n) is 2.41. The summed E-state index contributed by atoms with van der Waals surface area (Å²) in [6.07, 6.45) is 5.63. The molecule has 0 aliphatic heterocycles. The Morgan fingerprint density at radius 3 is 2.89 bits per heavy atom. The van der Waals surface area contributed by atoms with Crippen LogP contribution in [-0.2, 0) is 0 Å². The van der Waals surface area contributed by atoms with E-state index in [9.17, 15) is 4.79 Å². The predicted octanol–water partition coefficient (Wildman–Crippen LogP) is 0.737. The van der Waals surface area contributed by atoms with Gasteiger partial charge in [-0.3, -0.25) is 9.78 Å². The van der Waals surface area contributed by atoms with Crippen LogP contribution in [0.1, 0.15) is 23.8 Å². The van der Waals surface area contributed by atoms with Crippen LogP contribution >= 0.6 is 0 Å². The van der Waals surface area contributed by atoms with Crippen molar-refractivity contribution in [1.29, 1.82) is 0 Å². The Hall–Kier alpha value is -2.57. The van der Waals surface area contributed by atoms with Gasteiger partial charge in [-0.05, 0) is 6.42 Å². The topological polar surface area (TPSA) is 109 Å². The van der Waals surface area contributed by atoms with Crippen molar-refractivity contribution in [3.05, 3.63) is 30.4 Å². The zero-order valence-electron chi connectivity index (χ0n) is 10.5. The fraction of sp³-hybridized carbons (Fsp3) is 0.250. The summed E-state index contributed by atoms with van der Waals surface area (Å²) in [7, 11) is 0. The van der Waals surface area contributed by atoms with Crippen LogP contribution in [0.15, 0.2) is 24.7 Å². The zero-order chi connectivity index (χ0) is 13.8. The highest BCUT2D eigenvalue weighted by Crippen LogP contribution is 2.17. The van der Waals surface area contributed by atoms with Crippen LogP contribution in [0.2, 0.25) is 0 Å². The molecule has 19 heavy (non-hydrogen) atoms. The lowest BCUT2D eigenvalue weighted by molar-refractivity contribution is 0.0996. The van der Waals surface area contributed by atoms with Crippen LogP contribution in [0.4, 0.5) is 5.69 Å². The highest BCUT2D eigenvalue weighted by Gasteiger charge is 2.12. The minimum Gasteiger partial charge on any atom is -0.492 e. The first-order chi connectivity index (χ1) is 9.11. The maximum atomic E-state index is 11.1. The number of aromatic nitrogens is 3. The third kappa shape index (κ3) is 2.82. The number of amides is 1. The molecule has 0 bridgehead atoms. The number of carbonyl (C=O) groups excluding carboxylic acids is 1. The van der Waals surface area contributed by atoms with E-state index in [1.165, 1.54) is 10.9 Å². The third-order valence-corrected chi connectivity index (χ3v) is 2.41. The molecule has 0 radical (unpaired) electrons. The normalized spacial score (nSPS) is 10.4. The monoisotopic (exact) mass is 261 g/mol. The van der Waals surface area contributed by atoms with Crippen molar-refractivity contribution in [3.63, 3.8) is 0 Å². The first-order valence-corrected chi connectivity index (χ1v) is 5.85. The molecule has 4 N–H and O–H groups in total. The molecule has 0 saturated carbocycles. The summed E-state index contributed by atoms with van der Waals surface area (Å²) in [6, 6.07) is 1.76. The summed E-state index contributed by atoms with van der Waals surface area (Å²) in [5.74, 6) is -0.0309. The second kappa shape index (κ2) is 5.38. The van der Waals surface area contributed by atoms with E-state index in [-0.39, 0.29) is 11.4 Å². The molecular weight excluding hydrogens is 246 g/mol. The van der Waals surface area contributed by atoms with E-state index in [1.54, 1.807) is 18.5 Å². The smallest absolute Gasteiger partial charge is 0.271 e. The maximum absolute atomic E-state index is 11.1. The molecular formula is C12H15N5O2. The number of carbonyl (C=O) groups is 1. The van der Waals surface area contributed by atoms with E-state index in [2.05, 4.69) is 10.1 Å². The number of anilines is 1. The molecule has 7 heteroatoms. The Bertz CT molecular complexity index is 594. The summed E-state index contributed by atoms with van der Waals surface area (Å²) in [6.45, 7) is 2.63. The van der Waals surface area contributed by atoms with Crippen LogP contribution in [0, 0.1) is 0 Å². The minimum absolute atomic E-state index is 0.0416. The van der Waals surface area contributed by atoms with E-state index in [0.717, 1.165) is 6.42 Å². The van der Waals surface area contributed by atoms with E-state index in [4.69, 9.17) is 16.2 Å². The number of hydrogen-bond donors (Lipinski definition) is 2. The molecule has 2 rings (SSSR count). The van der Waals surface area contributed by atoms with Crippen molar-refractivity contribution in [2.24, 2.45) is 5.73 Å². The van der Waals surface area contributed by atoms with Crippen LogP contribution in [0.25, 0.3) is 5.69 Å². The van der Waals surface area contributed by atoms with Gasteiger partial charge in [0.15, 0.2) is 5.69 Å². The van der Waals surface area contributed by atoms with Gasteiger partial charge in [0.1, 0.15) is 5.75 Å². The highest BCUT2D eigenvalue weighted by molar-refractivity contribution is 5.95. The molecule has 2 aromatic rings. The molecule has 2 aromatic heterocycles. The molecule has 1 amide bonds. The lowest BCUT2D eigenvalue weighted by Gasteiger charge is -2.06. The first-order valence-electron chi connectivity index (χ1n) is 5.85. The minimum atomic E-state index is -0.664. The molecule has 0 aliphatic carbocycles. The molecule has 2 heterocycles. The van der Waals surface area contributed by atoms with Gasteiger partial charge in [0, 0.05) is 6.07 Å². The van der Waals surface area contributed by atoms with E-state index < -0.39 is 5.91 Å². The van der Waals surface area contributed by atoms with E-state index in [0.29, 0.717) is 18.0 Å². The summed E-state index contributed by atoms with van der Waals surface area (Å²) in [5.41, 5.74) is 11.7. The van der Waals surface area contributed by atoms with E-state index in [1.807, 2.05) is 6.92 Å². The fourth-order valence-electron chi connectivity index (χ4n) is 1.54. The van der Waals surface area contributed by atoms with Gasteiger partial charge in [-0.25, -0.2) is 4.68 Å². The van der Waals surface area contributed by atoms with Crippen LogP contribution < -0.4 is 16.2 Å². The predicted molar refractivity (Wildman–Crippen MR) is 70.1 cm³/mol. The Morgan fingerprint density at radius 2 is 2.26 bits per heavy atom. The van der Waals surface area contributed by atoms with Gasteiger partial charge < -0.3 is 16.2 Å². The Labute approximate surface area is 110 Å². The largest absolute Gasteiger partial charge is 0.492 e. The number of hydrogen-bond acceptors (Lipinski definition) is 5. The summed E-state index contributed by atoms with van der Waals surface area (Å²) < 4.78 is 6.92. The van der Waals surface area contributed by atoms with Gasteiger partial charge in [-0.1, -0.05) is 6.92 Å². The number of nitrogens with two attached hydrogens (primary N) is 2. The van der Waals surface area contributed by atoms with Crippen molar-refractivity contribution in [3.8, 4) is 11.4 Å². The standard InChI is InChI=1S/C12H15N5O2/c1-2-3-19-9-4-8(5-15-6-9)17-7-10(13)11(16-17)12(14)18/h4-7H,2-3,13H2,1H3,(H2,14,18). The average Bonchev–Trinajstić information content (AvgIpc) is 2.79. The summed E-state index contributed by atoms with van der Waals surface area (Å²) in [4.78, 5) is 15.2. The lowest BCUT2D eigenvalue weighted by atomic mass is 10.3. The number of primary amides is 1. The van der Waals surface area contributed by atoms with Crippen molar-refractivity contribution in [2.75, 3.05) is 12.3 Å². The SMILES string of the molecule is CCCOc1cncc(-n2cc(N)c(C(N)=O)n2)c1. The Morgan fingerprint density at radius 1 is 1.47 bits per heavy atom. The maximum Gasteiger partial charge on any atom is 0.271 e. The highest BCUT2D eigenvalue weighted by atomic mass is 16.5. The quantitative estimate of drug-likeness (QED) is 0.824.